The number of rotatable bonds is 3. The molecule has 1 saturated heterocycles. The Balaban J connectivity index is 0.000000115. The minimum atomic E-state index is 0.339. The number of allylic oxidation sites excluding steroid dienone is 4. The van der Waals surface area contributed by atoms with Crippen molar-refractivity contribution in [3.05, 3.63) is 54.1 Å². The van der Waals surface area contributed by atoms with Gasteiger partial charge in [-0.2, -0.15) is 0 Å². The molecular formula is C20H24O2. The van der Waals surface area contributed by atoms with Crippen molar-refractivity contribution in [1.29, 1.82) is 0 Å². The average molecular weight is 296 g/mol. The summed E-state index contributed by atoms with van der Waals surface area (Å²) < 4.78 is 10.5. The third-order valence-electron chi connectivity index (χ3n) is 5.31. The van der Waals surface area contributed by atoms with Crippen LogP contribution in [0.15, 0.2) is 48.6 Å². The van der Waals surface area contributed by atoms with Crippen LogP contribution in [-0.2, 0) is 4.74 Å². The van der Waals surface area contributed by atoms with Crippen molar-refractivity contribution in [3.63, 3.8) is 0 Å². The van der Waals surface area contributed by atoms with E-state index in [-0.39, 0.29) is 0 Å². The molecule has 1 heterocycles. The van der Waals surface area contributed by atoms with E-state index < -0.39 is 0 Å². The summed E-state index contributed by atoms with van der Waals surface area (Å²) in [5.41, 5.74) is 1.25. The van der Waals surface area contributed by atoms with Crippen LogP contribution in [0.5, 0.6) is 5.75 Å². The van der Waals surface area contributed by atoms with Crippen molar-refractivity contribution in [2.45, 2.75) is 25.9 Å². The van der Waals surface area contributed by atoms with Gasteiger partial charge in [-0.15, -0.1) is 0 Å². The largest absolute Gasteiger partial charge is 0.491 e. The molecule has 2 nitrogen and oxygen atoms in total. The summed E-state index contributed by atoms with van der Waals surface area (Å²) in [5, 5.41) is 0. The molecule has 5 rings (SSSR count). The molecule has 0 aromatic heterocycles. The van der Waals surface area contributed by atoms with Gasteiger partial charge in [-0.25, -0.2) is 0 Å². The molecule has 2 fully saturated rings. The highest BCUT2D eigenvalue weighted by Gasteiger charge is 2.44. The zero-order valence-corrected chi connectivity index (χ0v) is 13.2. The Morgan fingerprint density at radius 3 is 2.59 bits per heavy atom. The zero-order valence-electron chi connectivity index (χ0n) is 13.2. The molecule has 4 aliphatic rings. The van der Waals surface area contributed by atoms with Crippen LogP contribution < -0.4 is 4.74 Å². The molecule has 5 unspecified atom stereocenters. The monoisotopic (exact) mass is 296 g/mol. The molecule has 5 atom stereocenters. The number of aryl methyl sites for hydroxylation is 1. The van der Waals surface area contributed by atoms with Crippen LogP contribution in [0.3, 0.4) is 0 Å². The van der Waals surface area contributed by atoms with Crippen LogP contribution in [0, 0.1) is 30.6 Å². The normalized spacial score (nSPS) is 36.0. The summed E-state index contributed by atoms with van der Waals surface area (Å²) in [6.07, 6.45) is 12.8. The van der Waals surface area contributed by atoms with Gasteiger partial charge in [0.1, 0.15) is 18.5 Å². The number of epoxide rings is 1. The molecule has 1 saturated carbocycles. The van der Waals surface area contributed by atoms with Gasteiger partial charge in [0.25, 0.3) is 0 Å². The molecule has 116 valence electrons. The Labute approximate surface area is 132 Å². The van der Waals surface area contributed by atoms with Crippen molar-refractivity contribution < 1.29 is 9.47 Å². The topological polar surface area (TPSA) is 21.8 Å². The number of benzene rings is 1. The van der Waals surface area contributed by atoms with Crippen LogP contribution >= 0.6 is 0 Å². The van der Waals surface area contributed by atoms with Gasteiger partial charge in [0.15, 0.2) is 0 Å². The van der Waals surface area contributed by atoms with Crippen molar-refractivity contribution in [2.24, 2.45) is 23.7 Å². The zero-order chi connectivity index (χ0) is 14.9. The maximum atomic E-state index is 5.46. The molecule has 22 heavy (non-hydrogen) atoms. The van der Waals surface area contributed by atoms with Gasteiger partial charge >= 0.3 is 0 Å². The van der Waals surface area contributed by atoms with Crippen molar-refractivity contribution in [1.82, 2.24) is 0 Å². The molecule has 2 bridgehead atoms. The summed E-state index contributed by atoms with van der Waals surface area (Å²) >= 11 is 0. The molecule has 1 aliphatic heterocycles. The smallest absolute Gasteiger partial charge is 0.119 e. The Morgan fingerprint density at radius 1 is 1.09 bits per heavy atom. The molecule has 3 aliphatic carbocycles. The summed E-state index contributed by atoms with van der Waals surface area (Å²) in [7, 11) is 0. The molecule has 0 amide bonds. The lowest BCUT2D eigenvalue weighted by Crippen LogP contribution is -2.12. The van der Waals surface area contributed by atoms with Gasteiger partial charge in [0.05, 0.1) is 6.61 Å². The number of fused-ring (bicyclic) bond motifs is 5. The number of hydrogen-bond donors (Lipinski definition) is 0. The van der Waals surface area contributed by atoms with Crippen molar-refractivity contribution in [2.75, 3.05) is 13.2 Å². The summed E-state index contributed by atoms with van der Waals surface area (Å²) in [5.74, 6) is 4.75. The van der Waals surface area contributed by atoms with Crippen LogP contribution in [0.25, 0.3) is 0 Å². The van der Waals surface area contributed by atoms with Gasteiger partial charge < -0.3 is 9.47 Å². The Kier molecular flexibility index (Phi) is 3.79. The fourth-order valence-electron chi connectivity index (χ4n) is 3.96. The molecule has 0 spiro atoms. The predicted octanol–water partition coefficient (Wildman–Crippen LogP) is 4.16. The molecule has 1 aromatic rings. The molecule has 2 heteroatoms. The van der Waals surface area contributed by atoms with E-state index in [1.165, 1.54) is 18.4 Å². The maximum absolute atomic E-state index is 5.46. The van der Waals surface area contributed by atoms with Crippen molar-refractivity contribution in [3.8, 4) is 5.75 Å². The fraction of sp³-hybridized carbons (Fsp3) is 0.500. The Hall–Kier alpha value is -1.54. The first-order chi connectivity index (χ1) is 10.8. The first-order valence-electron chi connectivity index (χ1n) is 8.45. The maximum Gasteiger partial charge on any atom is 0.119 e. The van der Waals surface area contributed by atoms with E-state index in [1.807, 2.05) is 24.3 Å². The van der Waals surface area contributed by atoms with Crippen LogP contribution in [-0.4, -0.2) is 19.3 Å². The number of ether oxygens (including phenoxy) is 2. The van der Waals surface area contributed by atoms with E-state index in [0.29, 0.717) is 12.7 Å². The first kappa shape index (κ1) is 14.1. The second-order valence-corrected chi connectivity index (χ2v) is 6.93. The highest BCUT2D eigenvalue weighted by molar-refractivity contribution is 5.26. The average Bonchev–Trinajstić information content (AvgIpc) is 2.95. The SMILES string of the molecule is C1=CC2C3C=CC(C3)C2C1.Cc1ccc(OCC2CO2)cc1. The summed E-state index contributed by atoms with van der Waals surface area (Å²) in [4.78, 5) is 0. The van der Waals surface area contributed by atoms with E-state index in [1.54, 1.807) is 0 Å². The third-order valence-corrected chi connectivity index (χ3v) is 5.31. The highest BCUT2D eigenvalue weighted by Crippen LogP contribution is 2.52. The number of hydrogen-bond acceptors (Lipinski definition) is 2. The summed E-state index contributed by atoms with van der Waals surface area (Å²) in [6.45, 7) is 3.60. The van der Waals surface area contributed by atoms with E-state index in [9.17, 15) is 0 Å². The lowest BCUT2D eigenvalue weighted by atomic mass is 9.86. The quantitative estimate of drug-likeness (QED) is 0.617. The van der Waals surface area contributed by atoms with E-state index in [0.717, 1.165) is 36.0 Å². The summed E-state index contributed by atoms with van der Waals surface area (Å²) in [6, 6.07) is 8.06. The minimum Gasteiger partial charge on any atom is -0.491 e. The Bertz CT molecular complexity index is 568. The van der Waals surface area contributed by atoms with Gasteiger partial charge in [-0.05, 0) is 55.6 Å². The van der Waals surface area contributed by atoms with Crippen LogP contribution in [0.2, 0.25) is 0 Å². The molecule has 0 N–H and O–H groups in total. The van der Waals surface area contributed by atoms with Gasteiger partial charge in [0.2, 0.25) is 0 Å². The lowest BCUT2D eigenvalue weighted by Gasteiger charge is -2.18. The molecule has 1 aromatic carbocycles. The lowest BCUT2D eigenvalue weighted by molar-refractivity contribution is 0.263. The van der Waals surface area contributed by atoms with Gasteiger partial charge in [-0.1, -0.05) is 42.0 Å². The fourth-order valence-corrected chi connectivity index (χ4v) is 3.96. The molecular weight excluding hydrogens is 272 g/mol. The highest BCUT2D eigenvalue weighted by atomic mass is 16.6. The van der Waals surface area contributed by atoms with E-state index in [4.69, 9.17) is 9.47 Å². The second-order valence-electron chi connectivity index (χ2n) is 6.93. The standard InChI is InChI=1S/C10H12O2.C10H12/c1-8-2-4-9(5-3-8)11-6-10-7-12-10;1-2-9-7-4-5-8(6-7)10(9)3-1/h2-5,10H,6-7H2,1H3;1-2,4-5,7-10H,3,6H2. The van der Waals surface area contributed by atoms with Crippen LogP contribution in [0.4, 0.5) is 0 Å². The Morgan fingerprint density at radius 2 is 1.86 bits per heavy atom. The van der Waals surface area contributed by atoms with Gasteiger partial charge in [0, 0.05) is 0 Å². The van der Waals surface area contributed by atoms with E-state index >= 15 is 0 Å². The van der Waals surface area contributed by atoms with Gasteiger partial charge in [-0.3, -0.25) is 0 Å². The van der Waals surface area contributed by atoms with Crippen LogP contribution in [0.1, 0.15) is 18.4 Å². The minimum absolute atomic E-state index is 0.339. The third kappa shape index (κ3) is 2.98. The first-order valence-corrected chi connectivity index (χ1v) is 8.45. The predicted molar refractivity (Wildman–Crippen MR) is 87.9 cm³/mol. The molecule has 0 radical (unpaired) electrons. The van der Waals surface area contributed by atoms with E-state index in [2.05, 4.69) is 31.2 Å². The van der Waals surface area contributed by atoms with Crippen molar-refractivity contribution >= 4 is 0 Å². The second kappa shape index (κ2) is 5.92.